The van der Waals surface area contributed by atoms with Gasteiger partial charge in [-0.3, -0.25) is 0 Å². The molecule has 0 saturated heterocycles. The molecule has 0 aliphatic rings. The van der Waals surface area contributed by atoms with Gasteiger partial charge in [-0.2, -0.15) is 0 Å². The van der Waals surface area contributed by atoms with Gasteiger partial charge in [0.05, 0.1) is 5.39 Å². The number of furan rings is 2. The maximum absolute atomic E-state index is 6.57. The van der Waals surface area contributed by atoms with Gasteiger partial charge in [0, 0.05) is 22.6 Å². The van der Waals surface area contributed by atoms with E-state index in [1.807, 2.05) is 24.3 Å². The van der Waals surface area contributed by atoms with Crippen molar-refractivity contribution in [2.75, 3.05) is 0 Å². The van der Waals surface area contributed by atoms with Crippen molar-refractivity contribution in [2.45, 2.75) is 6.42 Å². The lowest BCUT2D eigenvalue weighted by atomic mass is 9.99. The first-order valence-corrected chi connectivity index (χ1v) is 11.2. The number of benzene rings is 5. The number of hydrogen-bond donors (Lipinski definition) is 0. The van der Waals surface area contributed by atoms with Crippen LogP contribution in [0.1, 0.15) is 11.1 Å². The van der Waals surface area contributed by atoms with E-state index in [4.69, 9.17) is 8.83 Å². The van der Waals surface area contributed by atoms with Crippen molar-refractivity contribution in [1.82, 2.24) is 0 Å². The summed E-state index contributed by atoms with van der Waals surface area (Å²) in [6, 6.07) is 38.1. The summed E-state index contributed by atoms with van der Waals surface area (Å²) in [6.45, 7) is 0. The first-order valence-electron chi connectivity index (χ1n) is 11.2. The van der Waals surface area contributed by atoms with Gasteiger partial charge in [0.1, 0.15) is 22.3 Å². The van der Waals surface area contributed by atoms with Gasteiger partial charge in [0.2, 0.25) is 0 Å². The highest BCUT2D eigenvalue weighted by molar-refractivity contribution is 6.22. The lowest BCUT2D eigenvalue weighted by molar-refractivity contribution is 0.660. The van der Waals surface area contributed by atoms with Gasteiger partial charge < -0.3 is 8.83 Å². The highest BCUT2D eigenvalue weighted by Gasteiger charge is 2.17. The van der Waals surface area contributed by atoms with E-state index in [1.165, 1.54) is 22.3 Å². The predicted octanol–water partition coefficient (Wildman–Crippen LogP) is 8.74. The topological polar surface area (TPSA) is 26.3 Å². The molecule has 2 heterocycles. The van der Waals surface area contributed by atoms with Gasteiger partial charge in [-0.05, 0) is 40.5 Å². The quantitative estimate of drug-likeness (QED) is 0.283. The molecule has 0 spiro atoms. The van der Waals surface area contributed by atoms with E-state index in [9.17, 15) is 0 Å². The standard InChI is InChI=1S/C31H20O2/c1-2-7-21(8-3-1)22-15-13-20(14-16-22)19-23-9-6-11-24-25-17-18-28-29(31(25)33-30(23)24)26-10-4-5-12-27(26)32-28/h1-18H,19H2. The van der Waals surface area contributed by atoms with Gasteiger partial charge in [0.15, 0.2) is 0 Å². The zero-order chi connectivity index (χ0) is 21.8. The zero-order valence-corrected chi connectivity index (χ0v) is 17.9. The van der Waals surface area contributed by atoms with Crippen molar-refractivity contribution >= 4 is 43.9 Å². The monoisotopic (exact) mass is 424 g/mol. The van der Waals surface area contributed by atoms with E-state index in [2.05, 4.69) is 84.9 Å². The smallest absolute Gasteiger partial charge is 0.147 e. The molecule has 2 heteroatoms. The van der Waals surface area contributed by atoms with Crippen LogP contribution in [-0.4, -0.2) is 0 Å². The maximum Gasteiger partial charge on any atom is 0.147 e. The Morgan fingerprint density at radius 3 is 2.06 bits per heavy atom. The molecule has 0 fully saturated rings. The first kappa shape index (κ1) is 18.3. The second kappa shape index (κ2) is 7.11. The molecule has 0 amide bonds. The molecule has 0 bridgehead atoms. The zero-order valence-electron chi connectivity index (χ0n) is 17.9. The largest absolute Gasteiger partial charge is 0.456 e. The average molecular weight is 424 g/mol. The van der Waals surface area contributed by atoms with E-state index < -0.39 is 0 Å². The molecule has 2 aromatic heterocycles. The maximum atomic E-state index is 6.57. The van der Waals surface area contributed by atoms with Crippen LogP contribution in [0.2, 0.25) is 0 Å². The molecular formula is C31H20O2. The third-order valence-corrected chi connectivity index (χ3v) is 6.54. The Labute approximate surface area is 190 Å². The minimum Gasteiger partial charge on any atom is -0.456 e. The van der Waals surface area contributed by atoms with Crippen LogP contribution in [0.4, 0.5) is 0 Å². The first-order chi connectivity index (χ1) is 16.3. The van der Waals surface area contributed by atoms with Crippen LogP contribution in [0.3, 0.4) is 0 Å². The van der Waals surface area contributed by atoms with Crippen LogP contribution in [0.15, 0.2) is 118 Å². The fourth-order valence-electron chi connectivity index (χ4n) is 4.93. The van der Waals surface area contributed by atoms with Crippen LogP contribution in [0, 0.1) is 0 Å². The van der Waals surface area contributed by atoms with E-state index >= 15 is 0 Å². The Kier molecular flexibility index (Phi) is 3.94. The van der Waals surface area contributed by atoms with E-state index in [1.54, 1.807) is 0 Å². The van der Waals surface area contributed by atoms with Crippen molar-refractivity contribution < 1.29 is 8.83 Å². The molecule has 7 rings (SSSR count). The van der Waals surface area contributed by atoms with E-state index in [0.717, 1.165) is 50.3 Å². The van der Waals surface area contributed by atoms with Crippen LogP contribution < -0.4 is 0 Å². The summed E-state index contributed by atoms with van der Waals surface area (Å²) in [5.41, 5.74) is 8.53. The molecule has 0 saturated carbocycles. The highest BCUT2D eigenvalue weighted by atomic mass is 16.3. The normalized spacial score (nSPS) is 11.8. The Morgan fingerprint density at radius 1 is 0.455 bits per heavy atom. The van der Waals surface area contributed by atoms with Crippen molar-refractivity contribution in [2.24, 2.45) is 0 Å². The SMILES string of the molecule is c1ccc(-c2ccc(Cc3cccc4c3oc3c4ccc4oc5ccccc5c43)cc2)cc1. The summed E-state index contributed by atoms with van der Waals surface area (Å²) in [7, 11) is 0. The molecule has 0 unspecified atom stereocenters. The summed E-state index contributed by atoms with van der Waals surface area (Å²) in [6.07, 6.45) is 0.821. The van der Waals surface area contributed by atoms with Crippen molar-refractivity contribution in [3.8, 4) is 11.1 Å². The Balaban J connectivity index is 1.35. The highest BCUT2D eigenvalue weighted by Crippen LogP contribution is 2.40. The van der Waals surface area contributed by atoms with Crippen LogP contribution in [0.25, 0.3) is 55.0 Å². The molecule has 5 aromatic carbocycles. The van der Waals surface area contributed by atoms with Crippen LogP contribution in [0.5, 0.6) is 0 Å². The molecule has 0 atom stereocenters. The van der Waals surface area contributed by atoms with Gasteiger partial charge in [-0.1, -0.05) is 91.0 Å². The lowest BCUT2D eigenvalue weighted by Gasteiger charge is -2.06. The van der Waals surface area contributed by atoms with Crippen LogP contribution in [-0.2, 0) is 6.42 Å². The number of fused-ring (bicyclic) bond motifs is 7. The minimum atomic E-state index is 0.821. The van der Waals surface area contributed by atoms with Gasteiger partial charge in [0.25, 0.3) is 0 Å². The molecule has 156 valence electrons. The number of para-hydroxylation sites is 2. The molecule has 2 nitrogen and oxygen atoms in total. The Hall–Kier alpha value is -4.30. The van der Waals surface area contributed by atoms with E-state index in [0.29, 0.717) is 0 Å². The van der Waals surface area contributed by atoms with Crippen molar-refractivity contribution in [3.05, 3.63) is 120 Å². The lowest BCUT2D eigenvalue weighted by Crippen LogP contribution is -1.89. The van der Waals surface area contributed by atoms with Gasteiger partial charge in [-0.15, -0.1) is 0 Å². The average Bonchev–Trinajstić information content (AvgIpc) is 3.44. The summed E-state index contributed by atoms with van der Waals surface area (Å²) < 4.78 is 12.6. The molecular weight excluding hydrogens is 404 g/mol. The number of rotatable bonds is 3. The summed E-state index contributed by atoms with van der Waals surface area (Å²) in [5, 5.41) is 4.42. The van der Waals surface area contributed by atoms with Crippen LogP contribution >= 0.6 is 0 Å². The molecule has 0 N–H and O–H groups in total. The second-order valence-electron chi connectivity index (χ2n) is 8.55. The summed E-state index contributed by atoms with van der Waals surface area (Å²) in [5.74, 6) is 0. The Bertz CT molecular complexity index is 1770. The predicted molar refractivity (Wildman–Crippen MR) is 136 cm³/mol. The molecule has 0 radical (unpaired) electrons. The summed E-state index contributed by atoms with van der Waals surface area (Å²) >= 11 is 0. The third-order valence-electron chi connectivity index (χ3n) is 6.54. The third kappa shape index (κ3) is 2.88. The molecule has 0 aliphatic carbocycles. The fraction of sp³-hybridized carbons (Fsp3) is 0.0323. The Morgan fingerprint density at radius 2 is 1.18 bits per heavy atom. The van der Waals surface area contributed by atoms with Crippen molar-refractivity contribution in [3.63, 3.8) is 0 Å². The molecule has 0 aliphatic heterocycles. The minimum absolute atomic E-state index is 0.821. The summed E-state index contributed by atoms with van der Waals surface area (Å²) in [4.78, 5) is 0. The van der Waals surface area contributed by atoms with Gasteiger partial charge in [-0.25, -0.2) is 0 Å². The fourth-order valence-corrected chi connectivity index (χ4v) is 4.93. The van der Waals surface area contributed by atoms with Crippen molar-refractivity contribution in [1.29, 1.82) is 0 Å². The molecule has 7 aromatic rings. The van der Waals surface area contributed by atoms with E-state index in [-0.39, 0.29) is 0 Å². The second-order valence-corrected chi connectivity index (χ2v) is 8.55. The van der Waals surface area contributed by atoms with Gasteiger partial charge >= 0.3 is 0 Å². The molecule has 33 heavy (non-hydrogen) atoms. The number of hydrogen-bond acceptors (Lipinski definition) is 2.